The zero-order valence-corrected chi connectivity index (χ0v) is 7.59. The lowest BCUT2D eigenvalue weighted by Crippen LogP contribution is -2.34. The summed E-state index contributed by atoms with van der Waals surface area (Å²) in [5, 5.41) is 5.92. The Kier molecular flexibility index (Phi) is 6.88. The highest BCUT2D eigenvalue weighted by molar-refractivity contribution is 7.80. The maximum absolute atomic E-state index is 11.5. The lowest BCUT2D eigenvalue weighted by Gasteiger charge is -2.06. The van der Waals surface area contributed by atoms with Crippen LogP contribution in [0.1, 0.15) is 0 Å². The van der Waals surface area contributed by atoms with Gasteiger partial charge in [-0.15, -0.1) is 0 Å². The molecule has 0 aromatic rings. The molecule has 72 valence electrons. The van der Waals surface area contributed by atoms with Gasteiger partial charge in [-0.25, -0.2) is 8.78 Å². The monoisotopic (exact) mass is 198 g/mol. The van der Waals surface area contributed by atoms with E-state index in [0.717, 1.165) is 0 Å². The first-order valence-electron chi connectivity index (χ1n) is 3.48. The van der Waals surface area contributed by atoms with E-state index in [0.29, 0.717) is 11.7 Å². The Morgan fingerprint density at radius 3 is 2.75 bits per heavy atom. The minimum Gasteiger partial charge on any atom is -0.374 e. The van der Waals surface area contributed by atoms with Crippen LogP contribution in [-0.2, 0) is 4.74 Å². The smallest absolute Gasteiger partial charge is 0.261 e. The number of rotatable bonds is 5. The van der Waals surface area contributed by atoms with E-state index in [1.807, 2.05) is 0 Å². The first kappa shape index (κ1) is 11.5. The van der Waals surface area contributed by atoms with E-state index in [-0.39, 0.29) is 6.61 Å². The maximum Gasteiger partial charge on any atom is 0.261 e. The van der Waals surface area contributed by atoms with E-state index < -0.39 is 13.0 Å². The highest BCUT2D eigenvalue weighted by Crippen LogP contribution is 1.90. The predicted octanol–water partition coefficient (Wildman–Crippen LogP) is 0.362. The molecular weight excluding hydrogens is 186 g/mol. The maximum atomic E-state index is 11.5. The lowest BCUT2D eigenvalue weighted by atomic mass is 10.6. The highest BCUT2D eigenvalue weighted by Gasteiger charge is 2.00. The summed E-state index contributed by atoms with van der Waals surface area (Å²) in [5.41, 5.74) is 0. The second-order valence-corrected chi connectivity index (χ2v) is 2.38. The van der Waals surface area contributed by atoms with Gasteiger partial charge >= 0.3 is 0 Å². The van der Waals surface area contributed by atoms with Gasteiger partial charge in [0.25, 0.3) is 6.43 Å². The molecule has 0 saturated carbocycles. The van der Waals surface area contributed by atoms with Crippen LogP contribution in [0.2, 0.25) is 0 Å². The van der Waals surface area contributed by atoms with Gasteiger partial charge in [0.1, 0.15) is 6.61 Å². The molecule has 0 spiro atoms. The summed E-state index contributed by atoms with van der Waals surface area (Å²) < 4.78 is 27.6. The molecule has 0 unspecified atom stereocenters. The van der Waals surface area contributed by atoms with Crippen molar-refractivity contribution in [1.29, 1.82) is 0 Å². The van der Waals surface area contributed by atoms with Gasteiger partial charge in [0, 0.05) is 13.6 Å². The van der Waals surface area contributed by atoms with E-state index >= 15 is 0 Å². The fourth-order valence-corrected chi connectivity index (χ4v) is 0.600. The van der Waals surface area contributed by atoms with Crippen molar-refractivity contribution < 1.29 is 13.5 Å². The molecule has 0 aromatic heterocycles. The van der Waals surface area contributed by atoms with Gasteiger partial charge in [0.15, 0.2) is 5.11 Å². The number of ether oxygens (including phenoxy) is 1. The highest BCUT2D eigenvalue weighted by atomic mass is 32.1. The molecule has 0 heterocycles. The Labute approximate surface area is 75.5 Å². The van der Waals surface area contributed by atoms with Crippen molar-refractivity contribution in [2.75, 3.05) is 26.8 Å². The zero-order chi connectivity index (χ0) is 9.40. The van der Waals surface area contributed by atoms with E-state index in [1.54, 1.807) is 7.05 Å². The van der Waals surface area contributed by atoms with Gasteiger partial charge in [-0.05, 0) is 12.2 Å². The van der Waals surface area contributed by atoms with Gasteiger partial charge < -0.3 is 15.4 Å². The van der Waals surface area contributed by atoms with E-state index in [9.17, 15) is 8.78 Å². The van der Waals surface area contributed by atoms with Crippen molar-refractivity contribution in [2.24, 2.45) is 0 Å². The summed E-state index contributed by atoms with van der Waals surface area (Å²) in [6, 6.07) is 0. The van der Waals surface area contributed by atoms with Crippen LogP contribution in [0.4, 0.5) is 8.78 Å². The minimum absolute atomic E-state index is 0.228. The van der Waals surface area contributed by atoms with Gasteiger partial charge in [0.05, 0.1) is 6.61 Å². The first-order valence-corrected chi connectivity index (χ1v) is 3.89. The van der Waals surface area contributed by atoms with Crippen molar-refractivity contribution in [1.82, 2.24) is 10.6 Å². The third kappa shape index (κ3) is 7.62. The van der Waals surface area contributed by atoms with Crippen LogP contribution in [0.15, 0.2) is 0 Å². The number of hydrogen-bond donors (Lipinski definition) is 2. The minimum atomic E-state index is -2.40. The number of halogens is 2. The predicted molar refractivity (Wildman–Crippen MR) is 46.5 cm³/mol. The molecule has 0 bridgehead atoms. The molecule has 2 N–H and O–H groups in total. The lowest BCUT2D eigenvalue weighted by molar-refractivity contribution is 0.0197. The van der Waals surface area contributed by atoms with Crippen LogP contribution >= 0.6 is 12.2 Å². The molecule has 6 heteroatoms. The molecule has 3 nitrogen and oxygen atoms in total. The van der Waals surface area contributed by atoms with E-state index in [2.05, 4.69) is 15.4 Å². The molecule has 0 radical (unpaired) electrons. The van der Waals surface area contributed by atoms with Crippen LogP contribution in [0, 0.1) is 0 Å². The quantitative estimate of drug-likeness (QED) is 0.494. The second-order valence-electron chi connectivity index (χ2n) is 1.97. The molecular formula is C6H12F2N2OS. The molecule has 0 fully saturated rings. The third-order valence-electron chi connectivity index (χ3n) is 1.00. The van der Waals surface area contributed by atoms with E-state index in [1.165, 1.54) is 0 Å². The SMILES string of the molecule is CNC(=S)NCCOCC(F)F. The number of hydrogen-bond acceptors (Lipinski definition) is 2. The fourth-order valence-electron chi connectivity index (χ4n) is 0.498. The number of thiocarbonyl (C=S) groups is 1. The van der Waals surface area contributed by atoms with Crippen molar-refractivity contribution >= 4 is 17.3 Å². The van der Waals surface area contributed by atoms with Crippen LogP contribution in [-0.4, -0.2) is 38.3 Å². The summed E-state index contributed by atoms with van der Waals surface area (Å²) in [5.74, 6) is 0. The molecule has 0 atom stereocenters. The van der Waals surface area contributed by atoms with Crippen LogP contribution in [0.5, 0.6) is 0 Å². The van der Waals surface area contributed by atoms with Gasteiger partial charge in [0.2, 0.25) is 0 Å². The Bertz CT molecular complexity index is 135. The fraction of sp³-hybridized carbons (Fsp3) is 0.833. The molecule has 0 saturated heterocycles. The Hall–Kier alpha value is -0.490. The number of alkyl halides is 2. The molecule has 0 amide bonds. The molecule has 0 aliphatic carbocycles. The average molecular weight is 198 g/mol. The topological polar surface area (TPSA) is 33.3 Å². The van der Waals surface area contributed by atoms with Crippen LogP contribution in [0.3, 0.4) is 0 Å². The third-order valence-corrected chi connectivity index (χ3v) is 1.35. The van der Waals surface area contributed by atoms with E-state index in [4.69, 9.17) is 12.2 Å². The summed E-state index contributed by atoms with van der Waals surface area (Å²) >= 11 is 4.73. The largest absolute Gasteiger partial charge is 0.374 e. The van der Waals surface area contributed by atoms with Gasteiger partial charge in [-0.3, -0.25) is 0 Å². The second kappa shape index (κ2) is 7.17. The first-order chi connectivity index (χ1) is 5.66. The molecule has 0 aromatic carbocycles. The summed E-state index contributed by atoms with van der Waals surface area (Å²) in [4.78, 5) is 0. The normalized spacial score (nSPS) is 10.0. The number of nitrogens with one attached hydrogen (secondary N) is 2. The summed E-state index contributed by atoms with van der Waals surface area (Å²) in [6.45, 7) is 0.145. The Balaban J connectivity index is 3.05. The standard InChI is InChI=1S/C6H12F2N2OS/c1-9-6(12)10-2-3-11-4-5(7)8/h5H,2-4H2,1H3,(H2,9,10,12). The van der Waals surface area contributed by atoms with Gasteiger partial charge in [-0.2, -0.15) is 0 Å². The summed E-state index contributed by atoms with van der Waals surface area (Å²) in [7, 11) is 1.68. The molecule has 0 aliphatic heterocycles. The molecule has 0 aliphatic rings. The van der Waals surface area contributed by atoms with Crippen LogP contribution < -0.4 is 10.6 Å². The van der Waals surface area contributed by atoms with Crippen molar-refractivity contribution in [3.63, 3.8) is 0 Å². The van der Waals surface area contributed by atoms with Crippen LogP contribution in [0.25, 0.3) is 0 Å². The van der Waals surface area contributed by atoms with Crippen molar-refractivity contribution in [3.05, 3.63) is 0 Å². The Morgan fingerprint density at radius 2 is 2.25 bits per heavy atom. The Morgan fingerprint density at radius 1 is 1.58 bits per heavy atom. The molecule has 0 rings (SSSR count). The van der Waals surface area contributed by atoms with Crippen molar-refractivity contribution in [2.45, 2.75) is 6.43 Å². The zero-order valence-electron chi connectivity index (χ0n) is 6.77. The average Bonchev–Trinajstić information content (AvgIpc) is 2.03. The van der Waals surface area contributed by atoms with Crippen molar-refractivity contribution in [3.8, 4) is 0 Å². The van der Waals surface area contributed by atoms with Gasteiger partial charge in [-0.1, -0.05) is 0 Å². The summed E-state index contributed by atoms with van der Waals surface area (Å²) in [6.07, 6.45) is -2.40. The molecule has 12 heavy (non-hydrogen) atoms.